The quantitative estimate of drug-likeness (QED) is 0.788. The molecule has 0 saturated carbocycles. The molecule has 0 saturated heterocycles. The van der Waals surface area contributed by atoms with E-state index in [0.29, 0.717) is 29.6 Å². The van der Waals surface area contributed by atoms with Crippen LogP contribution in [0.1, 0.15) is 36.5 Å². The molecule has 1 aromatic rings. The van der Waals surface area contributed by atoms with Crippen molar-refractivity contribution < 1.29 is 9.53 Å². The van der Waals surface area contributed by atoms with Crippen molar-refractivity contribution in [3.63, 3.8) is 0 Å². The number of nitrogens with two attached hydrogens (primary N) is 1. The maximum Gasteiger partial charge on any atom is 0.358 e. The van der Waals surface area contributed by atoms with Gasteiger partial charge < -0.3 is 10.5 Å². The molecule has 1 atom stereocenters. The Kier molecular flexibility index (Phi) is 3.93. The second kappa shape index (κ2) is 5.01. The maximum atomic E-state index is 11.8. The summed E-state index contributed by atoms with van der Waals surface area (Å²) < 4.78 is 6.64. The largest absolute Gasteiger partial charge is 0.461 e. The molecule has 0 aliphatic carbocycles. The van der Waals surface area contributed by atoms with Gasteiger partial charge in [0.15, 0.2) is 5.69 Å². The molecule has 0 aliphatic heterocycles. The van der Waals surface area contributed by atoms with Crippen LogP contribution in [0.5, 0.6) is 0 Å². The van der Waals surface area contributed by atoms with Gasteiger partial charge in [-0.1, -0.05) is 20.3 Å². The molecule has 1 aromatic heterocycles. The number of aromatic nitrogens is 2. The van der Waals surface area contributed by atoms with Crippen LogP contribution in [0.25, 0.3) is 0 Å². The van der Waals surface area contributed by atoms with Crippen molar-refractivity contribution in [3.05, 3.63) is 11.4 Å². The van der Waals surface area contributed by atoms with Crippen molar-refractivity contribution in [2.75, 3.05) is 12.3 Å². The Hall–Kier alpha value is -1.52. The first-order chi connectivity index (χ1) is 7.47. The average molecular weight is 225 g/mol. The molecule has 0 radical (unpaired) electrons. The fourth-order valence-electron chi connectivity index (χ4n) is 1.32. The molecule has 0 aliphatic rings. The molecular formula is C11H19N3O2. The normalized spacial score (nSPS) is 12.5. The Morgan fingerprint density at radius 2 is 2.25 bits per heavy atom. The van der Waals surface area contributed by atoms with Gasteiger partial charge in [-0.15, -0.1) is 0 Å². The zero-order valence-electron chi connectivity index (χ0n) is 10.3. The van der Waals surface area contributed by atoms with Gasteiger partial charge in [0, 0.05) is 7.05 Å². The second-order valence-corrected chi connectivity index (χ2v) is 4.08. The lowest BCUT2D eigenvalue weighted by atomic mass is 10.1. The number of nitrogens with zero attached hydrogens (tertiary/aromatic N) is 2. The zero-order chi connectivity index (χ0) is 12.3. The summed E-state index contributed by atoms with van der Waals surface area (Å²) >= 11 is 0. The smallest absolute Gasteiger partial charge is 0.358 e. The van der Waals surface area contributed by atoms with Crippen molar-refractivity contribution in [2.45, 2.75) is 27.2 Å². The van der Waals surface area contributed by atoms with E-state index in [2.05, 4.69) is 12.0 Å². The van der Waals surface area contributed by atoms with Crippen LogP contribution in [0.4, 0.5) is 5.69 Å². The van der Waals surface area contributed by atoms with Gasteiger partial charge in [-0.25, -0.2) is 4.79 Å². The first-order valence-electron chi connectivity index (χ1n) is 5.43. The monoisotopic (exact) mass is 225 g/mol. The lowest BCUT2D eigenvalue weighted by Crippen LogP contribution is -2.16. The predicted molar refractivity (Wildman–Crippen MR) is 62.1 cm³/mol. The van der Waals surface area contributed by atoms with Crippen LogP contribution in [0.15, 0.2) is 0 Å². The maximum absolute atomic E-state index is 11.8. The van der Waals surface area contributed by atoms with E-state index in [1.807, 2.05) is 6.92 Å². The Bertz CT molecular complexity index is 385. The number of rotatable bonds is 4. The lowest BCUT2D eigenvalue weighted by molar-refractivity contribution is 0.0435. The average Bonchev–Trinajstić information content (AvgIpc) is 2.49. The fraction of sp³-hybridized carbons (Fsp3) is 0.636. The van der Waals surface area contributed by atoms with Gasteiger partial charge in [0.1, 0.15) is 0 Å². The van der Waals surface area contributed by atoms with Gasteiger partial charge in [-0.2, -0.15) is 5.10 Å². The van der Waals surface area contributed by atoms with E-state index >= 15 is 0 Å². The molecule has 5 nitrogen and oxygen atoms in total. The summed E-state index contributed by atoms with van der Waals surface area (Å²) in [5.74, 6) is -0.0413. The minimum absolute atomic E-state index is 0.334. The number of aryl methyl sites for hydroxylation is 2. The van der Waals surface area contributed by atoms with Gasteiger partial charge >= 0.3 is 5.97 Å². The molecule has 0 amide bonds. The van der Waals surface area contributed by atoms with Crippen LogP contribution in [-0.4, -0.2) is 22.4 Å². The second-order valence-electron chi connectivity index (χ2n) is 4.08. The van der Waals surface area contributed by atoms with E-state index in [1.54, 1.807) is 14.0 Å². The number of carbonyl (C=O) groups is 1. The molecule has 16 heavy (non-hydrogen) atoms. The summed E-state index contributed by atoms with van der Waals surface area (Å²) in [4.78, 5) is 11.8. The summed E-state index contributed by atoms with van der Waals surface area (Å²) in [7, 11) is 1.68. The Labute approximate surface area is 95.6 Å². The standard InChI is InChI=1S/C11H19N3O2/c1-5-7(2)6-16-11(15)10-9(12)8(3)13-14(10)4/h7H,5-6,12H2,1-4H3. The van der Waals surface area contributed by atoms with Crippen molar-refractivity contribution in [2.24, 2.45) is 13.0 Å². The highest BCUT2D eigenvalue weighted by atomic mass is 16.5. The van der Waals surface area contributed by atoms with E-state index in [1.165, 1.54) is 4.68 Å². The number of carbonyl (C=O) groups excluding carboxylic acids is 1. The molecule has 0 fully saturated rings. The van der Waals surface area contributed by atoms with Crippen LogP contribution in [0.2, 0.25) is 0 Å². The highest BCUT2D eigenvalue weighted by Gasteiger charge is 2.19. The van der Waals surface area contributed by atoms with Gasteiger partial charge in [0.25, 0.3) is 0 Å². The lowest BCUT2D eigenvalue weighted by Gasteiger charge is -2.09. The molecule has 2 N–H and O–H groups in total. The molecule has 5 heteroatoms. The third kappa shape index (κ3) is 2.53. The van der Waals surface area contributed by atoms with Crippen molar-refractivity contribution in [3.8, 4) is 0 Å². The molecule has 0 spiro atoms. The van der Waals surface area contributed by atoms with Crippen molar-refractivity contribution >= 4 is 11.7 Å². The minimum atomic E-state index is -0.402. The highest BCUT2D eigenvalue weighted by Crippen LogP contribution is 2.16. The summed E-state index contributed by atoms with van der Waals surface area (Å²) in [6.07, 6.45) is 0.979. The molecule has 1 rings (SSSR count). The van der Waals surface area contributed by atoms with Gasteiger partial charge in [-0.05, 0) is 12.8 Å². The zero-order valence-corrected chi connectivity index (χ0v) is 10.3. The number of hydrogen-bond donors (Lipinski definition) is 1. The third-order valence-corrected chi connectivity index (χ3v) is 2.66. The van der Waals surface area contributed by atoms with Crippen LogP contribution >= 0.6 is 0 Å². The fourth-order valence-corrected chi connectivity index (χ4v) is 1.32. The molecule has 0 bridgehead atoms. The van der Waals surface area contributed by atoms with Gasteiger partial charge in [-0.3, -0.25) is 4.68 Å². The van der Waals surface area contributed by atoms with Crippen LogP contribution in [-0.2, 0) is 11.8 Å². The number of anilines is 1. The van der Waals surface area contributed by atoms with Crippen molar-refractivity contribution in [1.82, 2.24) is 9.78 Å². The Balaban J connectivity index is 2.73. The molecule has 0 aromatic carbocycles. The van der Waals surface area contributed by atoms with Crippen LogP contribution < -0.4 is 5.73 Å². The number of ether oxygens (including phenoxy) is 1. The van der Waals surface area contributed by atoms with Crippen LogP contribution in [0, 0.1) is 12.8 Å². The van der Waals surface area contributed by atoms with Crippen molar-refractivity contribution in [1.29, 1.82) is 0 Å². The number of nitrogen functional groups attached to an aromatic ring is 1. The van der Waals surface area contributed by atoms with E-state index in [0.717, 1.165) is 6.42 Å². The minimum Gasteiger partial charge on any atom is -0.461 e. The Morgan fingerprint density at radius 3 is 2.69 bits per heavy atom. The van der Waals surface area contributed by atoms with Gasteiger partial charge in [0.2, 0.25) is 0 Å². The van der Waals surface area contributed by atoms with Gasteiger partial charge in [0.05, 0.1) is 18.0 Å². The first kappa shape index (κ1) is 12.5. The summed E-state index contributed by atoms with van der Waals surface area (Å²) in [6, 6.07) is 0. The summed E-state index contributed by atoms with van der Waals surface area (Å²) in [5.41, 5.74) is 7.14. The Morgan fingerprint density at radius 1 is 1.62 bits per heavy atom. The number of hydrogen-bond acceptors (Lipinski definition) is 4. The summed E-state index contributed by atoms with van der Waals surface area (Å²) in [5, 5.41) is 4.07. The summed E-state index contributed by atoms with van der Waals surface area (Å²) in [6.45, 7) is 6.27. The van der Waals surface area contributed by atoms with E-state index in [4.69, 9.17) is 10.5 Å². The van der Waals surface area contributed by atoms with Crippen LogP contribution in [0.3, 0.4) is 0 Å². The van der Waals surface area contributed by atoms with E-state index in [-0.39, 0.29) is 0 Å². The van der Waals surface area contributed by atoms with E-state index < -0.39 is 5.97 Å². The molecule has 1 heterocycles. The SMILES string of the molecule is CCC(C)COC(=O)c1c(N)c(C)nn1C. The molecular weight excluding hydrogens is 206 g/mol. The first-order valence-corrected chi connectivity index (χ1v) is 5.43. The third-order valence-electron chi connectivity index (χ3n) is 2.66. The highest BCUT2D eigenvalue weighted by molar-refractivity contribution is 5.93. The van der Waals surface area contributed by atoms with E-state index in [9.17, 15) is 4.79 Å². The number of esters is 1. The topological polar surface area (TPSA) is 70.1 Å². The molecule has 90 valence electrons. The molecule has 1 unspecified atom stereocenters. The predicted octanol–water partition coefficient (Wildman–Crippen LogP) is 1.51.